The molecule has 0 atom stereocenters. The molecule has 0 fully saturated rings. The summed E-state index contributed by atoms with van der Waals surface area (Å²) in [5.74, 6) is 0. The zero-order chi connectivity index (χ0) is 8.55. The Bertz CT molecular complexity index is 406. The molecular weight excluding hydrogens is 263 g/mol. The molecular formula is C9H9IN2. The largest absolute Gasteiger partial charge is 0.333 e. The lowest BCUT2D eigenvalue weighted by atomic mass is 10.3. The fourth-order valence-electron chi connectivity index (χ4n) is 1.31. The minimum atomic E-state index is 0.983. The number of pyridine rings is 1. The van der Waals surface area contributed by atoms with Gasteiger partial charge in [0, 0.05) is 27.9 Å². The van der Waals surface area contributed by atoms with Crippen molar-refractivity contribution in [2.75, 3.05) is 0 Å². The van der Waals surface area contributed by atoms with Crippen LogP contribution >= 0.6 is 22.6 Å². The Labute approximate surface area is 84.7 Å². The molecule has 2 aromatic heterocycles. The summed E-state index contributed by atoms with van der Waals surface area (Å²) >= 11 is 2.28. The van der Waals surface area contributed by atoms with E-state index >= 15 is 0 Å². The first-order chi connectivity index (χ1) is 5.81. The van der Waals surface area contributed by atoms with E-state index in [1.165, 1.54) is 8.96 Å². The average molecular weight is 272 g/mol. The normalized spacial score (nSPS) is 10.8. The van der Waals surface area contributed by atoms with E-state index in [2.05, 4.69) is 57.4 Å². The van der Waals surface area contributed by atoms with Crippen molar-refractivity contribution in [2.45, 2.75) is 13.5 Å². The number of nitrogens with zero attached hydrogens (tertiary/aromatic N) is 2. The summed E-state index contributed by atoms with van der Waals surface area (Å²) in [5, 5.41) is 1.23. The molecule has 62 valence electrons. The summed E-state index contributed by atoms with van der Waals surface area (Å²) < 4.78 is 3.33. The van der Waals surface area contributed by atoms with E-state index in [9.17, 15) is 0 Å². The predicted octanol–water partition coefficient (Wildman–Crippen LogP) is 2.66. The number of halogens is 1. The van der Waals surface area contributed by atoms with Crippen LogP contribution in [0.2, 0.25) is 0 Å². The zero-order valence-electron chi connectivity index (χ0n) is 6.79. The number of aryl methyl sites for hydroxylation is 1. The standard InChI is InChI=1S/C9H9IN2/c1-2-12-4-3-7-5-8(10)6-11-9(7)12/h3-6H,2H2,1H3. The molecule has 2 aromatic rings. The molecule has 0 aromatic carbocycles. The lowest BCUT2D eigenvalue weighted by Gasteiger charge is -1.98. The number of hydrogen-bond donors (Lipinski definition) is 0. The molecule has 0 N–H and O–H groups in total. The van der Waals surface area contributed by atoms with Crippen molar-refractivity contribution in [1.82, 2.24) is 9.55 Å². The van der Waals surface area contributed by atoms with Crippen molar-refractivity contribution in [1.29, 1.82) is 0 Å². The van der Waals surface area contributed by atoms with Crippen LogP contribution in [0.1, 0.15) is 6.92 Å². The average Bonchev–Trinajstić information content (AvgIpc) is 2.46. The van der Waals surface area contributed by atoms with Crippen LogP contribution in [0.5, 0.6) is 0 Å². The lowest BCUT2D eigenvalue weighted by molar-refractivity contribution is 0.787. The number of fused-ring (bicyclic) bond motifs is 1. The van der Waals surface area contributed by atoms with Crippen LogP contribution in [-0.2, 0) is 6.54 Å². The van der Waals surface area contributed by atoms with Gasteiger partial charge in [-0.15, -0.1) is 0 Å². The van der Waals surface area contributed by atoms with Gasteiger partial charge >= 0.3 is 0 Å². The Morgan fingerprint density at radius 2 is 2.42 bits per heavy atom. The highest BCUT2D eigenvalue weighted by Gasteiger charge is 1.99. The Morgan fingerprint density at radius 3 is 3.17 bits per heavy atom. The molecule has 0 radical (unpaired) electrons. The molecule has 0 amide bonds. The first-order valence-corrected chi connectivity index (χ1v) is 4.99. The van der Waals surface area contributed by atoms with Gasteiger partial charge in [-0.2, -0.15) is 0 Å². The zero-order valence-corrected chi connectivity index (χ0v) is 8.95. The van der Waals surface area contributed by atoms with E-state index in [0.717, 1.165) is 12.2 Å². The molecule has 0 aliphatic rings. The second-order valence-electron chi connectivity index (χ2n) is 2.67. The Hall–Kier alpha value is -0.580. The van der Waals surface area contributed by atoms with Crippen LogP contribution in [0.3, 0.4) is 0 Å². The third kappa shape index (κ3) is 1.22. The van der Waals surface area contributed by atoms with Gasteiger partial charge in [-0.1, -0.05) is 0 Å². The van der Waals surface area contributed by atoms with Gasteiger partial charge in [0.05, 0.1) is 0 Å². The van der Waals surface area contributed by atoms with Crippen molar-refractivity contribution in [2.24, 2.45) is 0 Å². The van der Waals surface area contributed by atoms with Gasteiger partial charge in [0.1, 0.15) is 5.65 Å². The van der Waals surface area contributed by atoms with Crippen LogP contribution in [0.4, 0.5) is 0 Å². The van der Waals surface area contributed by atoms with Crippen molar-refractivity contribution in [3.8, 4) is 0 Å². The number of hydrogen-bond acceptors (Lipinski definition) is 1. The molecule has 0 aliphatic carbocycles. The maximum atomic E-state index is 4.37. The summed E-state index contributed by atoms with van der Waals surface area (Å²) in [6, 6.07) is 4.25. The number of rotatable bonds is 1. The van der Waals surface area contributed by atoms with E-state index in [1.807, 2.05) is 6.20 Å². The summed E-state index contributed by atoms with van der Waals surface area (Å²) in [4.78, 5) is 4.37. The van der Waals surface area contributed by atoms with E-state index in [0.29, 0.717) is 0 Å². The van der Waals surface area contributed by atoms with E-state index in [1.54, 1.807) is 0 Å². The maximum absolute atomic E-state index is 4.37. The van der Waals surface area contributed by atoms with Gasteiger partial charge in [-0.3, -0.25) is 0 Å². The molecule has 3 heteroatoms. The highest BCUT2D eigenvalue weighted by molar-refractivity contribution is 14.1. The van der Waals surface area contributed by atoms with Crippen molar-refractivity contribution in [3.63, 3.8) is 0 Å². The van der Waals surface area contributed by atoms with E-state index in [-0.39, 0.29) is 0 Å². The summed E-state index contributed by atoms with van der Waals surface area (Å²) in [5.41, 5.74) is 1.08. The molecule has 0 bridgehead atoms. The molecule has 2 heterocycles. The number of aromatic nitrogens is 2. The highest BCUT2D eigenvalue weighted by atomic mass is 127. The first kappa shape index (κ1) is 8.04. The molecule has 0 spiro atoms. The van der Waals surface area contributed by atoms with E-state index < -0.39 is 0 Å². The topological polar surface area (TPSA) is 17.8 Å². The lowest BCUT2D eigenvalue weighted by Crippen LogP contribution is -1.92. The molecule has 0 unspecified atom stereocenters. The highest BCUT2D eigenvalue weighted by Crippen LogP contribution is 2.15. The monoisotopic (exact) mass is 272 g/mol. The SMILES string of the molecule is CCn1ccc2cc(I)cnc21. The van der Waals surface area contributed by atoms with Crippen molar-refractivity contribution >= 4 is 33.6 Å². The third-order valence-electron chi connectivity index (χ3n) is 1.91. The molecule has 0 saturated heterocycles. The quantitative estimate of drug-likeness (QED) is 0.730. The fraction of sp³-hybridized carbons (Fsp3) is 0.222. The smallest absolute Gasteiger partial charge is 0.139 e. The second-order valence-corrected chi connectivity index (χ2v) is 3.91. The molecule has 2 rings (SSSR count). The van der Waals surface area contributed by atoms with Crippen LogP contribution in [-0.4, -0.2) is 9.55 Å². The van der Waals surface area contributed by atoms with Crippen LogP contribution in [0.15, 0.2) is 24.5 Å². The van der Waals surface area contributed by atoms with Gasteiger partial charge < -0.3 is 4.57 Å². The molecule has 0 saturated carbocycles. The summed E-state index contributed by atoms with van der Waals surface area (Å²) in [6.07, 6.45) is 3.97. The van der Waals surface area contributed by atoms with Gasteiger partial charge in [-0.05, 0) is 41.6 Å². The van der Waals surface area contributed by atoms with Gasteiger partial charge in [-0.25, -0.2) is 4.98 Å². The minimum Gasteiger partial charge on any atom is -0.333 e. The van der Waals surface area contributed by atoms with Gasteiger partial charge in [0.25, 0.3) is 0 Å². The van der Waals surface area contributed by atoms with Crippen LogP contribution < -0.4 is 0 Å². The predicted molar refractivity (Wildman–Crippen MR) is 58.1 cm³/mol. The molecule has 2 nitrogen and oxygen atoms in total. The Balaban J connectivity index is 2.73. The third-order valence-corrected chi connectivity index (χ3v) is 2.50. The first-order valence-electron chi connectivity index (χ1n) is 3.91. The van der Waals surface area contributed by atoms with E-state index in [4.69, 9.17) is 0 Å². The van der Waals surface area contributed by atoms with Crippen molar-refractivity contribution < 1.29 is 0 Å². The Morgan fingerprint density at radius 1 is 1.58 bits per heavy atom. The Kier molecular flexibility index (Phi) is 2.04. The summed E-state index contributed by atoms with van der Waals surface area (Å²) in [6.45, 7) is 3.11. The van der Waals surface area contributed by atoms with Crippen molar-refractivity contribution in [3.05, 3.63) is 28.1 Å². The molecule has 0 aliphatic heterocycles. The minimum absolute atomic E-state index is 0.983. The second kappa shape index (κ2) is 3.05. The maximum Gasteiger partial charge on any atom is 0.139 e. The van der Waals surface area contributed by atoms with Crippen LogP contribution in [0, 0.1) is 3.57 Å². The fourth-order valence-corrected chi connectivity index (χ4v) is 1.78. The van der Waals surface area contributed by atoms with Crippen LogP contribution in [0.25, 0.3) is 11.0 Å². The van der Waals surface area contributed by atoms with Gasteiger partial charge in [0.2, 0.25) is 0 Å². The van der Waals surface area contributed by atoms with Gasteiger partial charge in [0.15, 0.2) is 0 Å². The summed E-state index contributed by atoms with van der Waals surface area (Å²) in [7, 11) is 0. The molecule has 12 heavy (non-hydrogen) atoms.